The molecule has 0 aromatic heterocycles. The molecule has 5 nitrogen and oxygen atoms in total. The monoisotopic (exact) mass is 263 g/mol. The third-order valence-electron chi connectivity index (χ3n) is 3.35. The van der Waals surface area contributed by atoms with Crippen LogP contribution in [0.2, 0.25) is 0 Å². The molecule has 19 heavy (non-hydrogen) atoms. The lowest BCUT2D eigenvalue weighted by molar-refractivity contribution is 0.238. The van der Waals surface area contributed by atoms with Gasteiger partial charge in [-0.3, -0.25) is 0 Å². The van der Waals surface area contributed by atoms with E-state index in [0.717, 1.165) is 37.4 Å². The number of urea groups is 1. The van der Waals surface area contributed by atoms with Crippen molar-refractivity contribution in [2.75, 3.05) is 26.7 Å². The molecule has 0 spiro atoms. The molecule has 0 saturated carbocycles. The fourth-order valence-electron chi connectivity index (χ4n) is 2.21. The SMILES string of the molecule is COc1ccccc1CNC(=O)NCC1CCNC1. The third kappa shape index (κ3) is 4.13. The lowest BCUT2D eigenvalue weighted by atomic mass is 10.1. The first-order valence-electron chi connectivity index (χ1n) is 6.64. The highest BCUT2D eigenvalue weighted by atomic mass is 16.5. The summed E-state index contributed by atoms with van der Waals surface area (Å²) >= 11 is 0. The van der Waals surface area contributed by atoms with Gasteiger partial charge in [-0.1, -0.05) is 18.2 Å². The predicted octanol–water partition coefficient (Wildman–Crippen LogP) is 1.10. The topological polar surface area (TPSA) is 62.4 Å². The molecule has 1 unspecified atom stereocenters. The molecule has 1 saturated heterocycles. The van der Waals surface area contributed by atoms with E-state index in [1.54, 1.807) is 7.11 Å². The van der Waals surface area contributed by atoms with Crippen LogP contribution in [-0.4, -0.2) is 32.8 Å². The van der Waals surface area contributed by atoms with Crippen LogP contribution in [0, 0.1) is 5.92 Å². The molecule has 5 heteroatoms. The van der Waals surface area contributed by atoms with Gasteiger partial charge < -0.3 is 20.7 Å². The van der Waals surface area contributed by atoms with Crippen LogP contribution in [0.4, 0.5) is 4.79 Å². The summed E-state index contributed by atoms with van der Waals surface area (Å²) < 4.78 is 5.24. The van der Waals surface area contributed by atoms with Crippen LogP contribution < -0.4 is 20.7 Å². The van der Waals surface area contributed by atoms with Gasteiger partial charge in [-0.05, 0) is 31.5 Å². The number of amides is 2. The van der Waals surface area contributed by atoms with Gasteiger partial charge in [0.15, 0.2) is 0 Å². The fourth-order valence-corrected chi connectivity index (χ4v) is 2.21. The first-order chi connectivity index (χ1) is 9.29. The van der Waals surface area contributed by atoms with Gasteiger partial charge in [-0.25, -0.2) is 4.79 Å². The minimum absolute atomic E-state index is 0.127. The van der Waals surface area contributed by atoms with Gasteiger partial charge >= 0.3 is 6.03 Å². The smallest absolute Gasteiger partial charge is 0.315 e. The molecule has 1 aliphatic rings. The summed E-state index contributed by atoms with van der Waals surface area (Å²) in [6, 6.07) is 7.55. The number of hydrogen-bond acceptors (Lipinski definition) is 3. The molecule has 0 radical (unpaired) electrons. The van der Waals surface area contributed by atoms with Gasteiger partial charge in [0.05, 0.1) is 7.11 Å². The van der Waals surface area contributed by atoms with Crippen LogP contribution in [0.25, 0.3) is 0 Å². The maximum Gasteiger partial charge on any atom is 0.315 e. The zero-order valence-corrected chi connectivity index (χ0v) is 11.2. The van der Waals surface area contributed by atoms with Gasteiger partial charge in [0.2, 0.25) is 0 Å². The number of carbonyl (C=O) groups is 1. The normalized spacial score (nSPS) is 18.1. The zero-order valence-electron chi connectivity index (χ0n) is 11.2. The van der Waals surface area contributed by atoms with Crippen molar-refractivity contribution in [1.29, 1.82) is 0 Å². The molecule has 0 bridgehead atoms. The molecule has 0 aliphatic carbocycles. The average molecular weight is 263 g/mol. The molecule has 2 rings (SSSR count). The number of rotatable bonds is 5. The van der Waals surface area contributed by atoms with Crippen LogP contribution >= 0.6 is 0 Å². The van der Waals surface area contributed by atoms with Crippen molar-refractivity contribution >= 4 is 6.03 Å². The Balaban J connectivity index is 1.73. The second-order valence-electron chi connectivity index (χ2n) is 4.73. The van der Waals surface area contributed by atoms with Crippen molar-refractivity contribution in [3.63, 3.8) is 0 Å². The van der Waals surface area contributed by atoms with Gasteiger partial charge in [0, 0.05) is 18.7 Å². The summed E-state index contributed by atoms with van der Waals surface area (Å²) in [6.07, 6.45) is 1.13. The first kappa shape index (κ1) is 13.7. The Hall–Kier alpha value is -1.75. The number of ether oxygens (including phenoxy) is 1. The highest BCUT2D eigenvalue weighted by Gasteiger charge is 2.14. The molecule has 1 aromatic carbocycles. The number of benzene rings is 1. The predicted molar refractivity (Wildman–Crippen MR) is 74.2 cm³/mol. The highest BCUT2D eigenvalue weighted by Crippen LogP contribution is 2.16. The van der Waals surface area contributed by atoms with Crippen molar-refractivity contribution in [2.45, 2.75) is 13.0 Å². The molecule has 2 amide bonds. The molecule has 1 heterocycles. The Morgan fingerprint density at radius 2 is 2.26 bits per heavy atom. The van der Waals surface area contributed by atoms with Crippen molar-refractivity contribution < 1.29 is 9.53 Å². The third-order valence-corrected chi connectivity index (χ3v) is 3.35. The Bertz CT molecular complexity index is 417. The van der Waals surface area contributed by atoms with Gasteiger partial charge in [-0.15, -0.1) is 0 Å². The molecule has 1 aliphatic heterocycles. The van der Waals surface area contributed by atoms with Crippen LogP contribution in [-0.2, 0) is 6.54 Å². The quantitative estimate of drug-likeness (QED) is 0.745. The number of nitrogens with one attached hydrogen (secondary N) is 3. The van der Waals surface area contributed by atoms with Crippen LogP contribution in [0.1, 0.15) is 12.0 Å². The van der Waals surface area contributed by atoms with Crippen molar-refractivity contribution in [1.82, 2.24) is 16.0 Å². The maximum atomic E-state index is 11.7. The van der Waals surface area contributed by atoms with Crippen LogP contribution in [0.5, 0.6) is 5.75 Å². The number of hydrogen-bond donors (Lipinski definition) is 3. The number of para-hydroxylation sites is 1. The molecule has 104 valence electrons. The van der Waals surface area contributed by atoms with Crippen molar-refractivity contribution in [3.05, 3.63) is 29.8 Å². The lowest BCUT2D eigenvalue weighted by Crippen LogP contribution is -2.38. The van der Waals surface area contributed by atoms with E-state index >= 15 is 0 Å². The van der Waals surface area contributed by atoms with E-state index in [1.165, 1.54) is 0 Å². The minimum Gasteiger partial charge on any atom is -0.496 e. The Morgan fingerprint density at radius 1 is 1.42 bits per heavy atom. The summed E-state index contributed by atoms with van der Waals surface area (Å²) in [4.78, 5) is 11.7. The molecule has 1 aromatic rings. The highest BCUT2D eigenvalue weighted by molar-refractivity contribution is 5.73. The Morgan fingerprint density at radius 3 is 3.00 bits per heavy atom. The second kappa shape index (κ2) is 6.99. The van der Waals surface area contributed by atoms with Crippen LogP contribution in [0.15, 0.2) is 24.3 Å². The second-order valence-corrected chi connectivity index (χ2v) is 4.73. The summed E-state index contributed by atoms with van der Waals surface area (Å²) in [5.41, 5.74) is 0.975. The number of methoxy groups -OCH3 is 1. The standard InChI is InChI=1S/C14H21N3O2/c1-19-13-5-3-2-4-12(13)10-17-14(18)16-9-11-6-7-15-8-11/h2-5,11,15H,6-10H2,1H3,(H2,16,17,18). The van der Waals surface area contributed by atoms with Crippen molar-refractivity contribution in [3.8, 4) is 5.75 Å². The van der Waals surface area contributed by atoms with E-state index in [0.29, 0.717) is 12.5 Å². The first-order valence-corrected chi connectivity index (χ1v) is 6.64. The van der Waals surface area contributed by atoms with Crippen molar-refractivity contribution in [2.24, 2.45) is 5.92 Å². The van der Waals surface area contributed by atoms with Crippen LogP contribution in [0.3, 0.4) is 0 Å². The van der Waals surface area contributed by atoms with E-state index < -0.39 is 0 Å². The lowest BCUT2D eigenvalue weighted by Gasteiger charge is -2.12. The summed E-state index contributed by atoms with van der Waals surface area (Å²) in [6.45, 7) is 3.24. The minimum atomic E-state index is -0.127. The largest absolute Gasteiger partial charge is 0.496 e. The van der Waals surface area contributed by atoms with E-state index in [4.69, 9.17) is 4.74 Å². The molecule has 1 atom stereocenters. The fraction of sp³-hybridized carbons (Fsp3) is 0.500. The van der Waals surface area contributed by atoms with E-state index in [2.05, 4.69) is 16.0 Å². The van der Waals surface area contributed by atoms with E-state index in [9.17, 15) is 4.79 Å². The van der Waals surface area contributed by atoms with E-state index in [-0.39, 0.29) is 6.03 Å². The molecular formula is C14H21N3O2. The van der Waals surface area contributed by atoms with Gasteiger partial charge in [0.25, 0.3) is 0 Å². The molecular weight excluding hydrogens is 242 g/mol. The summed E-state index contributed by atoms with van der Waals surface area (Å²) in [7, 11) is 1.63. The maximum absolute atomic E-state index is 11.7. The zero-order chi connectivity index (χ0) is 13.5. The average Bonchev–Trinajstić information content (AvgIpc) is 2.96. The van der Waals surface area contributed by atoms with E-state index in [1.807, 2.05) is 24.3 Å². The molecule has 3 N–H and O–H groups in total. The number of carbonyl (C=O) groups excluding carboxylic acids is 1. The van der Waals surface area contributed by atoms with Gasteiger partial charge in [-0.2, -0.15) is 0 Å². The van der Waals surface area contributed by atoms with Gasteiger partial charge in [0.1, 0.15) is 5.75 Å². The Labute approximate surface area is 113 Å². The summed E-state index contributed by atoms with van der Waals surface area (Å²) in [5, 5.41) is 9.03. The Kier molecular flexibility index (Phi) is 5.03. The molecule has 1 fully saturated rings. The summed E-state index contributed by atoms with van der Waals surface area (Å²) in [5.74, 6) is 1.35.